The molecule has 0 fully saturated rings. The molecule has 9 heteroatoms. The van der Waals surface area contributed by atoms with Crippen molar-refractivity contribution in [3.8, 4) is 0 Å². The summed E-state index contributed by atoms with van der Waals surface area (Å²) in [7, 11) is 0. The van der Waals surface area contributed by atoms with Crippen LogP contribution in [0.2, 0.25) is 10.0 Å². The third-order valence-corrected chi connectivity index (χ3v) is 5.39. The number of hydrogen-bond donors (Lipinski definition) is 1. The van der Waals surface area contributed by atoms with Crippen LogP contribution in [0, 0.1) is 5.92 Å². The first-order valence-electron chi connectivity index (χ1n) is 8.98. The van der Waals surface area contributed by atoms with Gasteiger partial charge in [-0.15, -0.1) is 10.2 Å². The number of nitrogens with zero attached hydrogens (tertiary/aromatic N) is 2. The first-order chi connectivity index (χ1) is 13.1. The van der Waals surface area contributed by atoms with Crippen molar-refractivity contribution in [3.63, 3.8) is 0 Å². The Bertz CT molecular complexity index is 808. The molecule has 2 aromatic rings. The number of amides is 1. The maximum atomic E-state index is 12.2. The number of benzene rings is 1. The molecule has 1 N–H and O–H groups in total. The third-order valence-electron chi connectivity index (χ3n) is 3.94. The van der Waals surface area contributed by atoms with Crippen LogP contribution in [0.4, 0.5) is 4.79 Å². The van der Waals surface area contributed by atoms with E-state index in [1.165, 1.54) is 11.8 Å². The van der Waals surface area contributed by atoms with Gasteiger partial charge in [0.05, 0.1) is 0 Å². The number of thioether (sulfide) groups is 1. The van der Waals surface area contributed by atoms with E-state index < -0.39 is 17.7 Å². The van der Waals surface area contributed by atoms with Gasteiger partial charge in [-0.05, 0) is 44.4 Å². The van der Waals surface area contributed by atoms with Crippen molar-refractivity contribution in [3.05, 3.63) is 39.7 Å². The molecule has 0 aliphatic rings. The van der Waals surface area contributed by atoms with Gasteiger partial charge in [-0.2, -0.15) is 0 Å². The van der Waals surface area contributed by atoms with Crippen LogP contribution in [-0.2, 0) is 10.5 Å². The van der Waals surface area contributed by atoms with E-state index in [1.807, 2.05) is 40.7 Å². The number of nitrogens with one attached hydrogen (secondary N) is 1. The number of alkyl carbamates (subject to hydrolysis) is 1. The van der Waals surface area contributed by atoms with E-state index in [0.717, 1.165) is 12.0 Å². The molecule has 0 aliphatic carbocycles. The first-order valence-corrected chi connectivity index (χ1v) is 10.7. The molecule has 0 spiro atoms. The maximum absolute atomic E-state index is 12.2. The average molecular weight is 446 g/mol. The van der Waals surface area contributed by atoms with Crippen molar-refractivity contribution in [1.29, 1.82) is 0 Å². The summed E-state index contributed by atoms with van der Waals surface area (Å²) in [4.78, 5) is 12.2. The molecule has 6 nitrogen and oxygen atoms in total. The lowest BCUT2D eigenvalue weighted by molar-refractivity contribution is 0.0474. The van der Waals surface area contributed by atoms with E-state index in [4.69, 9.17) is 32.4 Å². The highest BCUT2D eigenvalue weighted by Gasteiger charge is 2.28. The Morgan fingerprint density at radius 3 is 2.64 bits per heavy atom. The van der Waals surface area contributed by atoms with Gasteiger partial charge in [0, 0.05) is 15.8 Å². The van der Waals surface area contributed by atoms with E-state index >= 15 is 0 Å². The Balaban J connectivity index is 2.07. The molecule has 1 aromatic carbocycles. The summed E-state index contributed by atoms with van der Waals surface area (Å²) in [6, 6.07) is 4.91. The molecule has 154 valence electrons. The van der Waals surface area contributed by atoms with Gasteiger partial charge in [0.15, 0.2) is 0 Å². The third kappa shape index (κ3) is 6.87. The van der Waals surface area contributed by atoms with Gasteiger partial charge >= 0.3 is 6.09 Å². The van der Waals surface area contributed by atoms with Crippen molar-refractivity contribution >= 4 is 41.1 Å². The maximum Gasteiger partial charge on any atom is 0.408 e. The van der Waals surface area contributed by atoms with Gasteiger partial charge in [-0.3, -0.25) is 0 Å². The van der Waals surface area contributed by atoms with Crippen LogP contribution in [0.15, 0.2) is 27.8 Å². The fourth-order valence-corrected chi connectivity index (χ4v) is 3.63. The highest BCUT2D eigenvalue weighted by molar-refractivity contribution is 7.98. The zero-order valence-electron chi connectivity index (χ0n) is 16.6. The van der Waals surface area contributed by atoms with Crippen LogP contribution in [0.5, 0.6) is 0 Å². The van der Waals surface area contributed by atoms with Gasteiger partial charge < -0.3 is 14.5 Å². The number of ether oxygens (including phenoxy) is 1. The van der Waals surface area contributed by atoms with Crippen LogP contribution in [-0.4, -0.2) is 21.9 Å². The summed E-state index contributed by atoms with van der Waals surface area (Å²) in [6.45, 7) is 9.48. The van der Waals surface area contributed by atoms with Crippen LogP contribution in [0.1, 0.15) is 58.5 Å². The zero-order chi connectivity index (χ0) is 20.9. The van der Waals surface area contributed by atoms with Gasteiger partial charge in [-0.25, -0.2) is 4.79 Å². The minimum absolute atomic E-state index is 0.0940. The number of halogens is 2. The van der Waals surface area contributed by atoms with Crippen LogP contribution in [0.25, 0.3) is 0 Å². The molecule has 1 unspecified atom stereocenters. The molecule has 0 bridgehead atoms. The van der Waals surface area contributed by atoms with Crippen molar-refractivity contribution in [2.24, 2.45) is 5.92 Å². The number of hydrogen-bond acceptors (Lipinski definition) is 6. The van der Waals surface area contributed by atoms with Crippen molar-refractivity contribution in [2.45, 2.75) is 63.7 Å². The average Bonchev–Trinajstić information content (AvgIpc) is 3.05. The minimum Gasteiger partial charge on any atom is -0.444 e. The zero-order valence-corrected chi connectivity index (χ0v) is 18.9. The monoisotopic (exact) mass is 445 g/mol. The van der Waals surface area contributed by atoms with Crippen molar-refractivity contribution in [1.82, 2.24) is 15.5 Å². The lowest BCUT2D eigenvalue weighted by atomic mass is 9.99. The Labute approximate surface area is 179 Å². The number of carbonyl (C=O) groups excluding carboxylic acids is 1. The molecule has 1 amide bonds. The highest BCUT2D eigenvalue weighted by atomic mass is 35.5. The number of aromatic nitrogens is 2. The van der Waals surface area contributed by atoms with Crippen LogP contribution >= 0.6 is 35.0 Å². The van der Waals surface area contributed by atoms with Crippen LogP contribution in [0.3, 0.4) is 0 Å². The predicted molar refractivity (Wildman–Crippen MR) is 112 cm³/mol. The number of rotatable bonds is 7. The normalized spacial score (nSPS) is 13.8. The van der Waals surface area contributed by atoms with Gasteiger partial charge in [0.25, 0.3) is 5.22 Å². The molecular weight excluding hydrogens is 421 g/mol. The molecule has 0 radical (unpaired) electrons. The molecular formula is C19H25Cl2N3O3S. The van der Waals surface area contributed by atoms with E-state index in [1.54, 1.807) is 12.1 Å². The summed E-state index contributed by atoms with van der Waals surface area (Å²) in [5, 5.41) is 12.6. The highest BCUT2D eigenvalue weighted by Crippen LogP contribution is 2.30. The Hall–Kier alpha value is -1.44. The Morgan fingerprint density at radius 1 is 1.32 bits per heavy atom. The molecule has 1 heterocycles. The summed E-state index contributed by atoms with van der Waals surface area (Å²) in [6.07, 6.45) is 0.309. The van der Waals surface area contributed by atoms with E-state index in [2.05, 4.69) is 15.5 Å². The summed E-state index contributed by atoms with van der Waals surface area (Å²) < 4.78 is 11.1. The standard InChI is InChI=1S/C19H25Cl2N3O3S/c1-6-11(2)15(22-17(25)27-19(3,4)5)16-23-24-18(26-16)28-10-12-7-8-13(20)9-14(12)21/h7-9,11,15H,6,10H2,1-5H3,(H,22,25)/t11?,15-/m0/s1. The molecule has 2 atom stereocenters. The fourth-order valence-electron chi connectivity index (χ4n) is 2.30. The molecule has 0 saturated carbocycles. The summed E-state index contributed by atoms with van der Waals surface area (Å²) >= 11 is 13.5. The molecule has 2 rings (SSSR count). The Kier molecular flexibility index (Phi) is 8.04. The smallest absolute Gasteiger partial charge is 0.408 e. The molecule has 28 heavy (non-hydrogen) atoms. The van der Waals surface area contributed by atoms with Gasteiger partial charge in [0.2, 0.25) is 5.89 Å². The van der Waals surface area contributed by atoms with E-state index in [0.29, 0.717) is 26.9 Å². The topological polar surface area (TPSA) is 77.2 Å². The van der Waals surface area contributed by atoms with Crippen molar-refractivity contribution in [2.75, 3.05) is 0 Å². The first kappa shape index (κ1) is 22.8. The van der Waals surface area contributed by atoms with Crippen LogP contribution < -0.4 is 5.32 Å². The SMILES string of the molecule is CCC(C)[C@H](NC(=O)OC(C)(C)C)c1nnc(SCc2ccc(Cl)cc2Cl)o1. The molecule has 0 saturated heterocycles. The Morgan fingerprint density at radius 2 is 2.04 bits per heavy atom. The summed E-state index contributed by atoms with van der Waals surface area (Å²) in [5.41, 5.74) is 0.332. The molecule has 1 aromatic heterocycles. The second-order valence-corrected chi connectivity index (χ2v) is 9.21. The number of carbonyl (C=O) groups is 1. The van der Waals surface area contributed by atoms with Crippen molar-refractivity contribution < 1.29 is 13.9 Å². The largest absolute Gasteiger partial charge is 0.444 e. The summed E-state index contributed by atoms with van der Waals surface area (Å²) in [5.74, 6) is 1.01. The lowest BCUT2D eigenvalue weighted by Crippen LogP contribution is -2.37. The second kappa shape index (κ2) is 9.85. The fraction of sp³-hybridized carbons (Fsp3) is 0.526. The quantitative estimate of drug-likeness (QED) is 0.505. The van der Waals surface area contributed by atoms with E-state index in [9.17, 15) is 4.79 Å². The molecule has 0 aliphatic heterocycles. The lowest BCUT2D eigenvalue weighted by Gasteiger charge is -2.24. The van der Waals surface area contributed by atoms with Gasteiger partial charge in [0.1, 0.15) is 11.6 Å². The predicted octanol–water partition coefficient (Wildman–Crippen LogP) is 6.28. The van der Waals surface area contributed by atoms with E-state index in [-0.39, 0.29) is 5.92 Å². The van der Waals surface area contributed by atoms with Gasteiger partial charge in [-0.1, -0.05) is 61.3 Å². The second-order valence-electron chi connectivity index (χ2n) is 7.44. The minimum atomic E-state index is -0.586.